The van der Waals surface area contributed by atoms with Crippen LogP contribution in [0.3, 0.4) is 0 Å². The lowest BCUT2D eigenvalue weighted by Crippen LogP contribution is -2.11. The summed E-state index contributed by atoms with van der Waals surface area (Å²) in [4.78, 5) is 10.4. The van der Waals surface area contributed by atoms with Crippen molar-refractivity contribution in [3.63, 3.8) is 0 Å². The Morgan fingerprint density at radius 1 is 1.35 bits per heavy atom. The molecule has 1 fully saturated rings. The normalized spacial score (nSPS) is 23.8. The highest BCUT2D eigenvalue weighted by Crippen LogP contribution is 2.29. The van der Waals surface area contributed by atoms with E-state index in [0.29, 0.717) is 13.0 Å². The molecule has 5 heteroatoms. The van der Waals surface area contributed by atoms with E-state index in [9.17, 15) is 4.79 Å². The van der Waals surface area contributed by atoms with Gasteiger partial charge >= 0.3 is 5.97 Å². The number of aliphatic carboxylic acids is 1. The van der Waals surface area contributed by atoms with Crippen molar-refractivity contribution in [1.82, 2.24) is 0 Å². The van der Waals surface area contributed by atoms with Crippen molar-refractivity contribution in [2.75, 3.05) is 6.61 Å². The fraction of sp³-hybridized carbons (Fsp3) is 0.417. The lowest BCUT2D eigenvalue weighted by atomic mass is 10.2. The van der Waals surface area contributed by atoms with E-state index in [1.807, 2.05) is 0 Å². The highest BCUT2D eigenvalue weighted by Gasteiger charge is 2.27. The number of phenolic OH excluding ortho intramolecular Hbond substituents is 1. The number of aromatic hydroxyl groups is 1. The smallest absolute Gasteiger partial charge is 0.303 e. The first-order valence-corrected chi connectivity index (χ1v) is 5.43. The molecule has 17 heavy (non-hydrogen) atoms. The van der Waals surface area contributed by atoms with Crippen molar-refractivity contribution >= 4 is 5.97 Å². The van der Waals surface area contributed by atoms with Crippen LogP contribution in [0.2, 0.25) is 0 Å². The van der Waals surface area contributed by atoms with Crippen molar-refractivity contribution in [3.05, 3.63) is 29.8 Å². The molecule has 5 nitrogen and oxygen atoms in total. The summed E-state index contributed by atoms with van der Waals surface area (Å²) in [5, 5.41) is 17.7. The molecule has 0 spiro atoms. The second kappa shape index (κ2) is 5.16. The van der Waals surface area contributed by atoms with Crippen LogP contribution in [-0.2, 0) is 14.3 Å². The molecule has 0 saturated carbocycles. The minimum Gasteiger partial charge on any atom is -0.508 e. The van der Waals surface area contributed by atoms with Gasteiger partial charge in [-0.15, -0.1) is 0 Å². The maximum Gasteiger partial charge on any atom is 0.303 e. The third-order valence-electron chi connectivity index (χ3n) is 2.59. The van der Waals surface area contributed by atoms with Gasteiger partial charge in [0.1, 0.15) is 5.75 Å². The molecule has 2 N–H and O–H groups in total. The standard InChI is InChI=1S/C12H14O5/c13-9-3-1-8(2-4-9)12-16-7-10(17-12)5-6-11(14)15/h1-4,10,12-13H,5-7H2,(H,14,15). The molecule has 1 heterocycles. The van der Waals surface area contributed by atoms with E-state index in [0.717, 1.165) is 5.56 Å². The van der Waals surface area contributed by atoms with Crippen LogP contribution in [0.25, 0.3) is 0 Å². The Morgan fingerprint density at radius 3 is 2.71 bits per heavy atom. The number of carboxylic acid groups (broad SMARTS) is 1. The molecule has 2 rings (SSSR count). The molecule has 1 aromatic carbocycles. The second-order valence-corrected chi connectivity index (χ2v) is 3.95. The molecule has 0 aromatic heterocycles. The predicted octanol–water partition coefficient (Wildman–Crippen LogP) is 1.67. The number of phenols is 1. The highest BCUT2D eigenvalue weighted by atomic mass is 16.7. The Morgan fingerprint density at radius 2 is 2.06 bits per heavy atom. The number of benzene rings is 1. The van der Waals surface area contributed by atoms with E-state index in [4.69, 9.17) is 19.7 Å². The maximum absolute atomic E-state index is 10.4. The fourth-order valence-corrected chi connectivity index (χ4v) is 1.69. The predicted molar refractivity (Wildman–Crippen MR) is 58.5 cm³/mol. The first-order valence-electron chi connectivity index (χ1n) is 5.43. The minimum absolute atomic E-state index is 0.0797. The molecular formula is C12H14O5. The lowest BCUT2D eigenvalue weighted by Gasteiger charge is -2.11. The summed E-state index contributed by atoms with van der Waals surface area (Å²) in [6.07, 6.45) is -0.112. The van der Waals surface area contributed by atoms with Gasteiger partial charge in [-0.05, 0) is 18.6 Å². The molecule has 2 atom stereocenters. The van der Waals surface area contributed by atoms with Crippen LogP contribution in [0.5, 0.6) is 5.75 Å². The van der Waals surface area contributed by atoms with Crippen molar-refractivity contribution < 1.29 is 24.5 Å². The van der Waals surface area contributed by atoms with E-state index in [-0.39, 0.29) is 18.3 Å². The van der Waals surface area contributed by atoms with Crippen molar-refractivity contribution in [2.24, 2.45) is 0 Å². The van der Waals surface area contributed by atoms with Gasteiger partial charge in [-0.3, -0.25) is 4.79 Å². The van der Waals surface area contributed by atoms with Crippen molar-refractivity contribution in [2.45, 2.75) is 25.2 Å². The second-order valence-electron chi connectivity index (χ2n) is 3.95. The van der Waals surface area contributed by atoms with E-state index in [2.05, 4.69) is 0 Å². The first-order chi connectivity index (χ1) is 8.15. The molecule has 2 unspecified atom stereocenters. The van der Waals surface area contributed by atoms with Crippen LogP contribution >= 0.6 is 0 Å². The Balaban J connectivity index is 1.89. The summed E-state index contributed by atoms with van der Waals surface area (Å²) < 4.78 is 11.0. The number of carbonyl (C=O) groups is 1. The zero-order chi connectivity index (χ0) is 12.3. The number of carboxylic acids is 1. The van der Waals surface area contributed by atoms with Gasteiger partial charge in [-0.25, -0.2) is 0 Å². The van der Waals surface area contributed by atoms with Gasteiger partial charge < -0.3 is 19.7 Å². The average Bonchev–Trinajstić information content (AvgIpc) is 2.76. The summed E-state index contributed by atoms with van der Waals surface area (Å²) in [7, 11) is 0. The van der Waals surface area contributed by atoms with E-state index in [1.165, 1.54) is 0 Å². The lowest BCUT2D eigenvalue weighted by molar-refractivity contribution is -0.138. The zero-order valence-corrected chi connectivity index (χ0v) is 9.20. The number of ether oxygens (including phenoxy) is 2. The molecule has 1 aliphatic rings. The van der Waals surface area contributed by atoms with Gasteiger partial charge in [0.15, 0.2) is 6.29 Å². The third kappa shape index (κ3) is 3.18. The van der Waals surface area contributed by atoms with Crippen LogP contribution in [0.15, 0.2) is 24.3 Å². The number of rotatable bonds is 4. The van der Waals surface area contributed by atoms with Gasteiger partial charge in [-0.1, -0.05) is 12.1 Å². The Hall–Kier alpha value is -1.59. The quantitative estimate of drug-likeness (QED) is 0.834. The van der Waals surface area contributed by atoms with Crippen LogP contribution < -0.4 is 0 Å². The summed E-state index contributed by atoms with van der Waals surface area (Å²) in [6.45, 7) is 0.402. The van der Waals surface area contributed by atoms with Crippen molar-refractivity contribution in [1.29, 1.82) is 0 Å². The highest BCUT2D eigenvalue weighted by molar-refractivity contribution is 5.66. The molecule has 0 radical (unpaired) electrons. The molecule has 1 aliphatic heterocycles. The van der Waals surface area contributed by atoms with Crippen molar-refractivity contribution in [3.8, 4) is 5.75 Å². The van der Waals surface area contributed by atoms with Crippen LogP contribution in [-0.4, -0.2) is 28.9 Å². The monoisotopic (exact) mass is 238 g/mol. The summed E-state index contributed by atoms with van der Waals surface area (Å²) in [5.41, 5.74) is 0.820. The van der Waals surface area contributed by atoms with Crippen LogP contribution in [0.4, 0.5) is 0 Å². The van der Waals surface area contributed by atoms with Gasteiger partial charge in [0, 0.05) is 12.0 Å². The van der Waals surface area contributed by atoms with E-state index in [1.54, 1.807) is 24.3 Å². The number of hydrogen-bond donors (Lipinski definition) is 2. The Labute approximate surface area is 98.6 Å². The summed E-state index contributed by atoms with van der Waals surface area (Å²) in [6, 6.07) is 6.57. The van der Waals surface area contributed by atoms with Crippen LogP contribution in [0.1, 0.15) is 24.7 Å². The molecule has 1 saturated heterocycles. The topological polar surface area (TPSA) is 76.0 Å². The maximum atomic E-state index is 10.4. The van der Waals surface area contributed by atoms with Gasteiger partial charge in [0.25, 0.3) is 0 Å². The largest absolute Gasteiger partial charge is 0.508 e. The number of hydrogen-bond acceptors (Lipinski definition) is 4. The van der Waals surface area contributed by atoms with Crippen LogP contribution in [0, 0.1) is 0 Å². The molecular weight excluding hydrogens is 224 g/mol. The fourth-order valence-electron chi connectivity index (χ4n) is 1.69. The summed E-state index contributed by atoms with van der Waals surface area (Å²) in [5.74, 6) is -0.643. The molecule has 92 valence electrons. The third-order valence-corrected chi connectivity index (χ3v) is 2.59. The minimum atomic E-state index is -0.832. The van der Waals surface area contributed by atoms with Gasteiger partial charge in [0.05, 0.1) is 12.7 Å². The van der Waals surface area contributed by atoms with Gasteiger partial charge in [0.2, 0.25) is 0 Å². The van der Waals surface area contributed by atoms with Gasteiger partial charge in [-0.2, -0.15) is 0 Å². The molecule has 1 aromatic rings. The molecule has 0 amide bonds. The molecule has 0 bridgehead atoms. The summed E-state index contributed by atoms with van der Waals surface area (Å²) >= 11 is 0. The first kappa shape index (κ1) is 11.9. The molecule has 0 aliphatic carbocycles. The average molecular weight is 238 g/mol. The zero-order valence-electron chi connectivity index (χ0n) is 9.20. The van der Waals surface area contributed by atoms with E-state index >= 15 is 0 Å². The SMILES string of the molecule is O=C(O)CCC1COC(c2ccc(O)cc2)O1. The van der Waals surface area contributed by atoms with E-state index < -0.39 is 12.3 Å². The Bertz CT molecular complexity index is 386. The Kier molecular flexibility index (Phi) is 3.61.